The summed E-state index contributed by atoms with van der Waals surface area (Å²) < 4.78 is 5.12. The third-order valence-corrected chi connectivity index (χ3v) is 1.63. The molecule has 1 heterocycles. The molecule has 0 aromatic rings. The molecule has 1 aliphatic rings. The minimum atomic E-state index is 0.587. The van der Waals surface area contributed by atoms with Gasteiger partial charge in [-0.3, -0.25) is 0 Å². The van der Waals surface area contributed by atoms with Gasteiger partial charge in [0.25, 0.3) is 0 Å². The lowest BCUT2D eigenvalue weighted by molar-refractivity contribution is 0.0671. The van der Waals surface area contributed by atoms with Crippen LogP contribution >= 0.6 is 0 Å². The maximum absolute atomic E-state index is 7.04. The van der Waals surface area contributed by atoms with E-state index in [4.69, 9.17) is 11.7 Å². The van der Waals surface area contributed by atoms with Crippen molar-refractivity contribution < 1.29 is 4.74 Å². The van der Waals surface area contributed by atoms with Crippen LogP contribution in [0.15, 0.2) is 0 Å². The molecule has 0 spiro atoms. The lowest BCUT2D eigenvalue weighted by Crippen LogP contribution is -2.14. The Morgan fingerprint density at radius 3 is 2.38 bits per heavy atom. The summed E-state index contributed by atoms with van der Waals surface area (Å²) in [6.07, 6.45) is 2.79. The van der Waals surface area contributed by atoms with Gasteiger partial charge in [-0.25, -0.2) is 0 Å². The van der Waals surface area contributed by atoms with E-state index < -0.39 is 0 Å². The van der Waals surface area contributed by atoms with Crippen LogP contribution in [0, 0.1) is 12.8 Å². The fourth-order valence-electron chi connectivity index (χ4n) is 0.951. The molecule has 0 bridgehead atoms. The van der Waals surface area contributed by atoms with Gasteiger partial charge >= 0.3 is 0 Å². The molecule has 1 heteroatoms. The highest BCUT2D eigenvalue weighted by molar-refractivity contribution is 4.63. The molecule has 0 atom stereocenters. The highest BCUT2D eigenvalue weighted by Gasteiger charge is 2.10. The van der Waals surface area contributed by atoms with Gasteiger partial charge in [0.15, 0.2) is 0 Å². The van der Waals surface area contributed by atoms with Crippen molar-refractivity contribution in [1.82, 2.24) is 0 Å². The van der Waals surface area contributed by atoms with Crippen LogP contribution < -0.4 is 0 Å². The lowest BCUT2D eigenvalue weighted by Gasteiger charge is -2.19. The van der Waals surface area contributed by atoms with Crippen LogP contribution in [0.25, 0.3) is 0 Å². The van der Waals surface area contributed by atoms with Crippen molar-refractivity contribution in [2.75, 3.05) is 13.2 Å². The molecule has 0 aromatic carbocycles. The minimum Gasteiger partial charge on any atom is -0.381 e. The van der Waals surface area contributed by atoms with Crippen LogP contribution in [0.3, 0.4) is 0 Å². The molecule has 0 aromatic heterocycles. The second kappa shape index (κ2) is 3.08. The third-order valence-electron chi connectivity index (χ3n) is 1.63. The average Bonchev–Trinajstić information content (AvgIpc) is 1.90. The monoisotopic (exact) mass is 111 g/mol. The summed E-state index contributed by atoms with van der Waals surface area (Å²) in [4.78, 5) is 0. The molecule has 1 fully saturated rings. The van der Waals surface area contributed by atoms with Gasteiger partial charge in [0.1, 0.15) is 0 Å². The normalized spacial score (nSPS) is 23.6. The van der Waals surface area contributed by atoms with E-state index in [1.807, 2.05) is 0 Å². The van der Waals surface area contributed by atoms with E-state index in [-0.39, 0.29) is 0 Å². The molecule has 1 saturated heterocycles. The van der Waals surface area contributed by atoms with Gasteiger partial charge in [-0.2, -0.15) is 0 Å². The molecule has 0 N–H and O–H groups in total. The first-order chi connectivity index (χ1) is 3.93. The second-order valence-electron chi connectivity index (χ2n) is 2.26. The molecule has 1 aliphatic heterocycles. The molecule has 1 nitrogen and oxygen atoms in total. The van der Waals surface area contributed by atoms with Gasteiger partial charge in [-0.05, 0) is 32.1 Å². The van der Waals surface area contributed by atoms with E-state index in [0.29, 0.717) is 12.3 Å². The Labute approximate surface area is 51.0 Å². The van der Waals surface area contributed by atoms with E-state index in [1.54, 1.807) is 0 Å². The van der Waals surface area contributed by atoms with Crippen molar-refractivity contribution in [1.29, 1.82) is 0 Å². The SMILES string of the molecule is [C]CC1CCOCC1. The van der Waals surface area contributed by atoms with Crippen molar-refractivity contribution >= 4 is 0 Å². The zero-order chi connectivity index (χ0) is 5.82. The third kappa shape index (κ3) is 1.48. The lowest BCUT2D eigenvalue weighted by atomic mass is 9.98. The summed E-state index contributed by atoms with van der Waals surface area (Å²) in [5.74, 6) is 0.628. The Bertz CT molecular complexity index is 55.4. The summed E-state index contributed by atoms with van der Waals surface area (Å²) in [6.45, 7) is 8.80. The molecule has 0 aliphatic carbocycles. The predicted octanol–water partition coefficient (Wildman–Crippen LogP) is 1.39. The Hall–Kier alpha value is -0.0400. The standard InChI is InChI=1S/C7H11O/c1-2-7-3-5-8-6-4-7/h7H,2-6H2. The number of hydrogen-bond donors (Lipinski definition) is 0. The molecule has 3 radical (unpaired) electrons. The summed E-state index contributed by atoms with van der Waals surface area (Å²) in [6, 6.07) is 0. The van der Waals surface area contributed by atoms with Crippen molar-refractivity contribution in [3.8, 4) is 0 Å². The van der Waals surface area contributed by atoms with E-state index >= 15 is 0 Å². The Kier molecular flexibility index (Phi) is 2.34. The van der Waals surface area contributed by atoms with Crippen LogP contribution in [0.1, 0.15) is 19.3 Å². The fourth-order valence-corrected chi connectivity index (χ4v) is 0.951. The minimum absolute atomic E-state index is 0.587. The van der Waals surface area contributed by atoms with Gasteiger partial charge in [0.05, 0.1) is 0 Å². The zero-order valence-corrected chi connectivity index (χ0v) is 5.02. The van der Waals surface area contributed by atoms with Gasteiger partial charge in [0.2, 0.25) is 0 Å². The first kappa shape index (κ1) is 6.09. The Morgan fingerprint density at radius 1 is 1.38 bits per heavy atom. The van der Waals surface area contributed by atoms with E-state index in [9.17, 15) is 0 Å². The summed E-state index contributed by atoms with van der Waals surface area (Å²) in [7, 11) is 0. The van der Waals surface area contributed by atoms with Gasteiger partial charge < -0.3 is 4.74 Å². The molecular weight excluding hydrogens is 100 g/mol. The average molecular weight is 111 g/mol. The van der Waals surface area contributed by atoms with Crippen molar-refractivity contribution in [2.24, 2.45) is 5.92 Å². The summed E-state index contributed by atoms with van der Waals surface area (Å²) in [5, 5.41) is 0. The van der Waals surface area contributed by atoms with Crippen molar-refractivity contribution in [3.05, 3.63) is 6.92 Å². The van der Waals surface area contributed by atoms with E-state index in [0.717, 1.165) is 26.1 Å². The Morgan fingerprint density at radius 2 is 2.00 bits per heavy atom. The summed E-state index contributed by atoms with van der Waals surface area (Å²) >= 11 is 0. The first-order valence-corrected chi connectivity index (χ1v) is 3.16. The topological polar surface area (TPSA) is 9.23 Å². The quantitative estimate of drug-likeness (QED) is 0.497. The molecule has 0 saturated carbocycles. The van der Waals surface area contributed by atoms with Gasteiger partial charge in [-0.1, -0.05) is 0 Å². The zero-order valence-electron chi connectivity index (χ0n) is 5.02. The van der Waals surface area contributed by atoms with Crippen LogP contribution in [-0.4, -0.2) is 13.2 Å². The maximum atomic E-state index is 7.04. The highest BCUT2D eigenvalue weighted by Crippen LogP contribution is 2.16. The summed E-state index contributed by atoms with van der Waals surface area (Å²) in [5.41, 5.74) is 0. The largest absolute Gasteiger partial charge is 0.381 e. The van der Waals surface area contributed by atoms with Crippen LogP contribution in [0.4, 0.5) is 0 Å². The first-order valence-electron chi connectivity index (χ1n) is 3.16. The number of rotatable bonds is 1. The van der Waals surface area contributed by atoms with Crippen LogP contribution in [-0.2, 0) is 4.74 Å². The Balaban J connectivity index is 2.13. The van der Waals surface area contributed by atoms with Crippen LogP contribution in [0.5, 0.6) is 0 Å². The molecule has 0 unspecified atom stereocenters. The predicted molar refractivity (Wildman–Crippen MR) is 31.4 cm³/mol. The van der Waals surface area contributed by atoms with Crippen LogP contribution in [0.2, 0.25) is 0 Å². The van der Waals surface area contributed by atoms with Crippen molar-refractivity contribution in [2.45, 2.75) is 19.3 Å². The van der Waals surface area contributed by atoms with E-state index in [2.05, 4.69) is 0 Å². The fraction of sp³-hybridized carbons (Fsp3) is 0.857. The smallest absolute Gasteiger partial charge is 0.0468 e. The molecule has 8 heavy (non-hydrogen) atoms. The molecule has 1 rings (SSSR count). The maximum Gasteiger partial charge on any atom is 0.0468 e. The molecule has 45 valence electrons. The van der Waals surface area contributed by atoms with Crippen molar-refractivity contribution in [3.63, 3.8) is 0 Å². The van der Waals surface area contributed by atoms with E-state index in [1.165, 1.54) is 0 Å². The second-order valence-corrected chi connectivity index (χ2v) is 2.26. The number of ether oxygens (including phenoxy) is 1. The molecular formula is C7H11O. The number of hydrogen-bond acceptors (Lipinski definition) is 1. The van der Waals surface area contributed by atoms with Gasteiger partial charge in [-0.15, -0.1) is 0 Å². The highest BCUT2D eigenvalue weighted by atomic mass is 16.5. The van der Waals surface area contributed by atoms with Gasteiger partial charge in [0, 0.05) is 13.2 Å². The molecule has 0 amide bonds.